The highest BCUT2D eigenvalue weighted by Crippen LogP contribution is 2.23. The Morgan fingerprint density at radius 1 is 1.37 bits per heavy atom. The number of hydrogen-bond donors (Lipinski definition) is 3. The van der Waals surface area contributed by atoms with E-state index in [-0.39, 0.29) is 24.7 Å². The van der Waals surface area contributed by atoms with E-state index in [2.05, 4.69) is 10.3 Å². The van der Waals surface area contributed by atoms with Crippen molar-refractivity contribution in [1.82, 2.24) is 19.6 Å². The van der Waals surface area contributed by atoms with Gasteiger partial charge in [0.05, 0.1) is 12.5 Å². The second-order valence-electron chi connectivity index (χ2n) is 6.36. The fraction of sp³-hybridized carbons (Fsp3) is 0.438. The van der Waals surface area contributed by atoms with Crippen molar-refractivity contribution in [3.8, 4) is 0 Å². The van der Waals surface area contributed by atoms with Crippen molar-refractivity contribution in [3.05, 3.63) is 48.9 Å². The molecule has 0 aromatic carbocycles. The van der Waals surface area contributed by atoms with Crippen molar-refractivity contribution in [2.45, 2.75) is 31.2 Å². The third-order valence-corrected chi connectivity index (χ3v) is 7.34. The molecule has 0 unspecified atom stereocenters. The Balaban J connectivity index is 1.76. The number of aryl methyl sites for hydroxylation is 1. The van der Waals surface area contributed by atoms with Crippen molar-refractivity contribution in [1.29, 1.82) is 0 Å². The third kappa shape index (κ3) is 4.20. The molecule has 1 fully saturated rings. The van der Waals surface area contributed by atoms with Gasteiger partial charge < -0.3 is 10.3 Å². The van der Waals surface area contributed by atoms with Crippen LogP contribution in [-0.2, 0) is 21.4 Å². The number of sulfonamides is 1. The predicted molar refractivity (Wildman–Crippen MR) is 100 cm³/mol. The SMILES string of the molecule is Cc1[nH]c(=O)[nH]c(=O)c1S(=O)(=O)N1CCC[C@H](C(=O)NCc2cccs2)C1. The molecule has 3 N–H and O–H groups in total. The molecule has 9 nitrogen and oxygen atoms in total. The van der Waals surface area contributed by atoms with Crippen LogP contribution in [-0.4, -0.2) is 41.7 Å². The largest absolute Gasteiger partial charge is 0.351 e. The van der Waals surface area contributed by atoms with Gasteiger partial charge in [-0.3, -0.25) is 14.6 Å². The minimum absolute atomic E-state index is 0.00336. The molecule has 3 heterocycles. The maximum absolute atomic E-state index is 12.9. The maximum atomic E-state index is 12.9. The Labute approximate surface area is 159 Å². The summed E-state index contributed by atoms with van der Waals surface area (Å²) in [6.07, 6.45) is 1.08. The summed E-state index contributed by atoms with van der Waals surface area (Å²) in [5.74, 6) is -0.703. The normalized spacial score (nSPS) is 18.3. The van der Waals surface area contributed by atoms with Crippen LogP contribution >= 0.6 is 11.3 Å². The van der Waals surface area contributed by atoms with Gasteiger partial charge in [0.1, 0.15) is 0 Å². The Morgan fingerprint density at radius 3 is 2.81 bits per heavy atom. The third-order valence-electron chi connectivity index (χ3n) is 4.44. The zero-order chi connectivity index (χ0) is 19.6. The average molecular weight is 412 g/mol. The second-order valence-corrected chi connectivity index (χ2v) is 9.27. The van der Waals surface area contributed by atoms with E-state index in [0.717, 1.165) is 9.18 Å². The lowest BCUT2D eigenvalue weighted by Crippen LogP contribution is -2.46. The molecule has 3 rings (SSSR count). The van der Waals surface area contributed by atoms with Crippen LogP contribution in [0.25, 0.3) is 0 Å². The van der Waals surface area contributed by atoms with E-state index < -0.39 is 32.1 Å². The number of carbonyl (C=O) groups excluding carboxylic acids is 1. The Bertz CT molecular complexity index is 1040. The molecular weight excluding hydrogens is 392 g/mol. The first-order valence-electron chi connectivity index (χ1n) is 8.42. The van der Waals surface area contributed by atoms with E-state index in [1.807, 2.05) is 22.5 Å². The number of H-pyrrole nitrogens is 2. The second kappa shape index (κ2) is 7.79. The number of aromatic amines is 2. The quantitative estimate of drug-likeness (QED) is 0.643. The molecule has 146 valence electrons. The van der Waals surface area contributed by atoms with Crippen LogP contribution in [0.3, 0.4) is 0 Å². The first-order chi connectivity index (χ1) is 12.8. The van der Waals surface area contributed by atoms with Crippen LogP contribution in [0.1, 0.15) is 23.4 Å². The summed E-state index contributed by atoms with van der Waals surface area (Å²) >= 11 is 1.53. The van der Waals surface area contributed by atoms with Crippen LogP contribution in [0, 0.1) is 12.8 Å². The van der Waals surface area contributed by atoms with Gasteiger partial charge in [-0.15, -0.1) is 11.3 Å². The molecule has 0 spiro atoms. The number of rotatable bonds is 5. The van der Waals surface area contributed by atoms with Gasteiger partial charge >= 0.3 is 5.69 Å². The van der Waals surface area contributed by atoms with Gasteiger partial charge in [-0.1, -0.05) is 6.07 Å². The van der Waals surface area contributed by atoms with E-state index in [9.17, 15) is 22.8 Å². The van der Waals surface area contributed by atoms with Gasteiger partial charge in [0.2, 0.25) is 15.9 Å². The maximum Gasteiger partial charge on any atom is 0.325 e. The monoisotopic (exact) mass is 412 g/mol. The lowest BCUT2D eigenvalue weighted by atomic mass is 9.99. The van der Waals surface area contributed by atoms with Crippen molar-refractivity contribution in [2.24, 2.45) is 5.92 Å². The van der Waals surface area contributed by atoms with E-state index in [1.165, 1.54) is 18.3 Å². The number of nitrogens with zero attached hydrogens (tertiary/aromatic N) is 1. The predicted octanol–water partition coefficient (Wildman–Crippen LogP) is 0.150. The molecule has 1 amide bonds. The zero-order valence-corrected chi connectivity index (χ0v) is 16.3. The lowest BCUT2D eigenvalue weighted by molar-refractivity contribution is -0.126. The summed E-state index contributed by atoms with van der Waals surface area (Å²) in [4.78, 5) is 40.6. The van der Waals surface area contributed by atoms with Crippen LogP contribution in [0.4, 0.5) is 0 Å². The Morgan fingerprint density at radius 2 is 2.15 bits per heavy atom. The van der Waals surface area contributed by atoms with Crippen LogP contribution in [0.5, 0.6) is 0 Å². The number of carbonyl (C=O) groups is 1. The van der Waals surface area contributed by atoms with E-state index in [1.54, 1.807) is 0 Å². The first-order valence-corrected chi connectivity index (χ1v) is 10.7. The molecule has 1 aliphatic rings. The van der Waals surface area contributed by atoms with Gasteiger partial charge in [-0.2, -0.15) is 4.31 Å². The highest BCUT2D eigenvalue weighted by Gasteiger charge is 2.35. The minimum atomic E-state index is -4.12. The summed E-state index contributed by atoms with van der Waals surface area (Å²) < 4.78 is 27.0. The molecular formula is C16H20N4O5S2. The van der Waals surface area contributed by atoms with Crippen molar-refractivity contribution >= 4 is 27.3 Å². The summed E-state index contributed by atoms with van der Waals surface area (Å²) in [7, 11) is -4.12. The molecule has 2 aromatic heterocycles. The molecule has 27 heavy (non-hydrogen) atoms. The van der Waals surface area contributed by atoms with E-state index in [4.69, 9.17) is 0 Å². The van der Waals surface area contributed by atoms with Crippen molar-refractivity contribution in [2.75, 3.05) is 13.1 Å². The standard InChI is InChI=1S/C16H20N4O5S2/c1-10-13(15(22)19-16(23)18-10)27(24,25)20-6-2-4-11(9-20)14(21)17-8-12-5-3-7-26-12/h3,5,7,11H,2,4,6,8-9H2,1H3,(H,17,21)(H2,18,19,22,23)/t11-/m0/s1. The number of nitrogens with one attached hydrogen (secondary N) is 3. The molecule has 2 aromatic rings. The molecule has 11 heteroatoms. The number of aromatic nitrogens is 2. The van der Waals surface area contributed by atoms with Crippen molar-refractivity contribution in [3.63, 3.8) is 0 Å². The minimum Gasteiger partial charge on any atom is -0.351 e. The zero-order valence-electron chi connectivity index (χ0n) is 14.6. The van der Waals surface area contributed by atoms with Crippen LogP contribution in [0.15, 0.2) is 32.0 Å². The molecule has 1 aliphatic heterocycles. The lowest BCUT2D eigenvalue weighted by Gasteiger charge is -2.31. The van der Waals surface area contributed by atoms with Crippen LogP contribution in [0.2, 0.25) is 0 Å². The molecule has 0 saturated carbocycles. The number of amides is 1. The fourth-order valence-corrected chi connectivity index (χ4v) is 5.51. The topological polar surface area (TPSA) is 132 Å². The summed E-state index contributed by atoms with van der Waals surface area (Å²) in [5.41, 5.74) is -1.74. The summed E-state index contributed by atoms with van der Waals surface area (Å²) in [5, 5.41) is 4.75. The molecule has 0 bridgehead atoms. The van der Waals surface area contributed by atoms with Gasteiger partial charge in [0.15, 0.2) is 4.90 Å². The molecule has 1 saturated heterocycles. The van der Waals surface area contributed by atoms with Crippen LogP contribution < -0.4 is 16.6 Å². The number of piperidine rings is 1. The average Bonchev–Trinajstić information content (AvgIpc) is 3.12. The Hall–Kier alpha value is -2.24. The van der Waals surface area contributed by atoms with E-state index >= 15 is 0 Å². The molecule has 0 aliphatic carbocycles. The highest BCUT2D eigenvalue weighted by molar-refractivity contribution is 7.89. The summed E-state index contributed by atoms with van der Waals surface area (Å²) in [6, 6.07) is 3.80. The fourth-order valence-electron chi connectivity index (χ4n) is 3.13. The van der Waals surface area contributed by atoms with Crippen molar-refractivity contribution < 1.29 is 13.2 Å². The van der Waals surface area contributed by atoms with Gasteiger partial charge in [-0.05, 0) is 31.2 Å². The smallest absolute Gasteiger partial charge is 0.325 e. The highest BCUT2D eigenvalue weighted by atomic mass is 32.2. The molecule has 0 radical (unpaired) electrons. The van der Waals surface area contributed by atoms with Gasteiger partial charge in [0, 0.05) is 23.7 Å². The molecule has 1 atom stereocenters. The van der Waals surface area contributed by atoms with Gasteiger partial charge in [-0.25, -0.2) is 13.2 Å². The number of thiophene rings is 1. The summed E-state index contributed by atoms with van der Waals surface area (Å²) in [6.45, 7) is 1.97. The van der Waals surface area contributed by atoms with E-state index in [0.29, 0.717) is 19.4 Å². The Kier molecular flexibility index (Phi) is 5.63. The van der Waals surface area contributed by atoms with Gasteiger partial charge in [0.25, 0.3) is 5.56 Å². The first kappa shape index (κ1) is 19.5. The number of hydrogen-bond acceptors (Lipinski definition) is 6.